The number of nitrogens with one attached hydrogen (secondary N) is 1. The highest BCUT2D eigenvalue weighted by molar-refractivity contribution is 6.39. The second kappa shape index (κ2) is 11.8. The third-order valence-corrected chi connectivity index (χ3v) is 6.48. The van der Waals surface area contributed by atoms with Crippen LogP contribution in [-0.4, -0.2) is 29.9 Å². The van der Waals surface area contributed by atoms with Crippen molar-refractivity contribution in [1.82, 2.24) is 5.32 Å². The van der Waals surface area contributed by atoms with Crippen molar-refractivity contribution in [1.29, 1.82) is 0 Å². The average Bonchev–Trinajstić information content (AvgIpc) is 2.92. The largest absolute Gasteiger partial charge is 0.493 e. The first-order valence-corrected chi connectivity index (χ1v) is 12.4. The van der Waals surface area contributed by atoms with E-state index in [9.17, 15) is 24.5 Å². The zero-order valence-corrected chi connectivity index (χ0v) is 22.4. The van der Waals surface area contributed by atoms with Crippen LogP contribution in [0, 0.1) is 17.0 Å². The van der Waals surface area contributed by atoms with E-state index in [0.29, 0.717) is 39.6 Å². The van der Waals surface area contributed by atoms with Crippen LogP contribution in [0.4, 0.5) is 16.2 Å². The molecule has 0 aliphatic carbocycles. The molecule has 0 radical (unpaired) electrons. The predicted octanol–water partition coefficient (Wildman–Crippen LogP) is 5.54. The van der Waals surface area contributed by atoms with Crippen molar-refractivity contribution in [2.24, 2.45) is 0 Å². The summed E-state index contributed by atoms with van der Waals surface area (Å²) >= 11 is 6.19. The van der Waals surface area contributed by atoms with E-state index < -0.39 is 22.8 Å². The molecule has 1 aliphatic rings. The summed E-state index contributed by atoms with van der Waals surface area (Å²) in [6.45, 7) is 5.59. The van der Waals surface area contributed by atoms with Crippen LogP contribution < -0.4 is 19.7 Å². The van der Waals surface area contributed by atoms with E-state index in [1.54, 1.807) is 49.4 Å². The number of hydrogen-bond donors (Lipinski definition) is 1. The second-order valence-corrected chi connectivity index (χ2v) is 9.22. The summed E-state index contributed by atoms with van der Waals surface area (Å²) in [4.78, 5) is 50.0. The molecule has 1 fully saturated rings. The molecule has 3 aromatic carbocycles. The first kappa shape index (κ1) is 28.1. The first-order valence-electron chi connectivity index (χ1n) is 12.0. The number of benzene rings is 3. The number of nitro benzene ring substituents is 1. The van der Waals surface area contributed by atoms with Crippen molar-refractivity contribution in [3.63, 3.8) is 0 Å². The molecule has 0 unspecified atom stereocenters. The number of urea groups is 1. The Morgan fingerprint density at radius 3 is 2.58 bits per heavy atom. The second-order valence-electron chi connectivity index (χ2n) is 8.81. The molecule has 0 saturated carbocycles. The number of hydrogen-bond acceptors (Lipinski definition) is 7. The van der Waals surface area contributed by atoms with Gasteiger partial charge in [0.1, 0.15) is 12.2 Å². The van der Waals surface area contributed by atoms with Crippen LogP contribution in [0.3, 0.4) is 0 Å². The third-order valence-electron chi connectivity index (χ3n) is 6.07. The van der Waals surface area contributed by atoms with Gasteiger partial charge in [-0.1, -0.05) is 35.9 Å². The number of aryl methyl sites for hydroxylation is 1. The van der Waals surface area contributed by atoms with Gasteiger partial charge in [0, 0.05) is 22.7 Å². The fourth-order valence-corrected chi connectivity index (χ4v) is 4.26. The van der Waals surface area contributed by atoms with Gasteiger partial charge in [-0.05, 0) is 60.4 Å². The molecule has 3 aromatic rings. The van der Waals surface area contributed by atoms with Crippen LogP contribution in [0.2, 0.25) is 5.02 Å². The van der Waals surface area contributed by atoms with Gasteiger partial charge in [-0.25, -0.2) is 9.69 Å². The fourth-order valence-electron chi connectivity index (χ4n) is 4.08. The maximum absolute atomic E-state index is 13.3. The summed E-state index contributed by atoms with van der Waals surface area (Å²) in [5.74, 6) is -0.983. The summed E-state index contributed by atoms with van der Waals surface area (Å²) in [5, 5.41) is 13.7. The Hall–Kier alpha value is -4.96. The third kappa shape index (κ3) is 5.87. The van der Waals surface area contributed by atoms with Gasteiger partial charge in [-0.2, -0.15) is 0 Å². The Morgan fingerprint density at radius 1 is 1.12 bits per heavy atom. The minimum absolute atomic E-state index is 0.0275. The number of carbonyl (C=O) groups excluding carboxylic acids is 3. The minimum atomic E-state index is -0.887. The van der Waals surface area contributed by atoms with Crippen LogP contribution in [0.5, 0.6) is 11.5 Å². The van der Waals surface area contributed by atoms with Crippen LogP contribution >= 0.6 is 11.6 Å². The van der Waals surface area contributed by atoms with Crippen molar-refractivity contribution in [3.8, 4) is 11.5 Å². The van der Waals surface area contributed by atoms with Gasteiger partial charge in [0.05, 0.1) is 17.7 Å². The molecule has 0 spiro atoms. The number of imide groups is 2. The number of rotatable bonds is 9. The number of anilines is 1. The Balaban J connectivity index is 1.69. The Morgan fingerprint density at radius 2 is 1.90 bits per heavy atom. The normalized spacial score (nSPS) is 14.2. The molecule has 0 aromatic heterocycles. The van der Waals surface area contributed by atoms with Gasteiger partial charge in [-0.3, -0.25) is 25.0 Å². The predicted molar refractivity (Wildman–Crippen MR) is 150 cm³/mol. The Labute approximate surface area is 234 Å². The van der Waals surface area contributed by atoms with Crippen molar-refractivity contribution in [2.45, 2.75) is 20.0 Å². The van der Waals surface area contributed by atoms with E-state index in [4.69, 9.17) is 21.1 Å². The number of non-ortho nitro benzene ring substituents is 1. The van der Waals surface area contributed by atoms with Gasteiger partial charge >= 0.3 is 6.03 Å². The highest BCUT2D eigenvalue weighted by Crippen LogP contribution is 2.36. The molecule has 4 amide bonds. The van der Waals surface area contributed by atoms with E-state index >= 15 is 0 Å². The fraction of sp³-hybridized carbons (Fsp3) is 0.138. The lowest BCUT2D eigenvalue weighted by atomic mass is 10.0. The number of allylic oxidation sites excluding steroid dienone is 1. The van der Waals surface area contributed by atoms with E-state index in [-0.39, 0.29) is 23.6 Å². The van der Waals surface area contributed by atoms with Crippen molar-refractivity contribution >= 4 is 46.9 Å². The van der Waals surface area contributed by atoms with Gasteiger partial charge in [0.25, 0.3) is 17.5 Å². The molecular weight excluding hydrogens is 538 g/mol. The summed E-state index contributed by atoms with van der Waals surface area (Å²) in [6.07, 6.45) is 3.35. The zero-order chi connectivity index (χ0) is 29.0. The number of amides is 4. The lowest BCUT2D eigenvalue weighted by Crippen LogP contribution is -2.54. The number of halogens is 1. The van der Waals surface area contributed by atoms with E-state index in [0.717, 1.165) is 10.5 Å². The molecule has 204 valence electrons. The lowest BCUT2D eigenvalue weighted by Gasteiger charge is -2.26. The summed E-state index contributed by atoms with van der Waals surface area (Å²) < 4.78 is 11.5. The standard InChI is InChI=1S/C29H24ClN3O7/c1-4-6-20-11-19(14-25(39-3)26(20)40-16-18-7-5-8-22(12-18)33(37)38)13-23-27(34)31-29(36)32(28(23)35)21-10-9-17(2)24(30)15-21/h4-5,7-15H,1,6,16H2,2-3H3,(H,31,34,36)/b23-13-. The van der Waals surface area contributed by atoms with Crippen LogP contribution in [0.1, 0.15) is 22.3 Å². The maximum Gasteiger partial charge on any atom is 0.335 e. The first-order chi connectivity index (χ1) is 19.1. The monoisotopic (exact) mass is 561 g/mol. The lowest BCUT2D eigenvalue weighted by molar-refractivity contribution is -0.384. The molecule has 10 nitrogen and oxygen atoms in total. The molecular formula is C29H24ClN3O7. The van der Waals surface area contributed by atoms with Crippen molar-refractivity contribution in [3.05, 3.63) is 110 Å². The molecule has 1 heterocycles. The van der Waals surface area contributed by atoms with E-state index in [1.165, 1.54) is 31.4 Å². The van der Waals surface area contributed by atoms with E-state index in [2.05, 4.69) is 11.9 Å². The number of barbiturate groups is 1. The quantitative estimate of drug-likeness (QED) is 0.119. The van der Waals surface area contributed by atoms with Gasteiger partial charge < -0.3 is 9.47 Å². The molecule has 11 heteroatoms. The minimum Gasteiger partial charge on any atom is -0.493 e. The van der Waals surface area contributed by atoms with E-state index in [1.807, 2.05) is 0 Å². The molecule has 4 rings (SSSR count). The summed E-state index contributed by atoms with van der Waals surface area (Å²) in [7, 11) is 1.43. The smallest absolute Gasteiger partial charge is 0.335 e. The topological polar surface area (TPSA) is 128 Å². The Kier molecular flexibility index (Phi) is 8.30. The molecule has 40 heavy (non-hydrogen) atoms. The van der Waals surface area contributed by atoms with Gasteiger partial charge in [0.15, 0.2) is 11.5 Å². The Bertz CT molecular complexity index is 1580. The SMILES string of the molecule is C=CCc1cc(/C=C2/C(=O)NC(=O)N(c3ccc(C)c(Cl)c3)C2=O)cc(OC)c1OCc1cccc([N+](=O)[O-])c1. The van der Waals surface area contributed by atoms with Crippen LogP contribution in [0.15, 0.2) is 72.8 Å². The van der Waals surface area contributed by atoms with Gasteiger partial charge in [0.2, 0.25) is 0 Å². The number of nitrogens with zero attached hydrogens (tertiary/aromatic N) is 2. The van der Waals surface area contributed by atoms with Crippen molar-refractivity contribution in [2.75, 3.05) is 12.0 Å². The van der Waals surface area contributed by atoms with Gasteiger partial charge in [-0.15, -0.1) is 6.58 Å². The zero-order valence-electron chi connectivity index (χ0n) is 21.6. The maximum atomic E-state index is 13.3. The molecule has 0 bridgehead atoms. The number of ether oxygens (including phenoxy) is 2. The highest BCUT2D eigenvalue weighted by atomic mass is 35.5. The highest BCUT2D eigenvalue weighted by Gasteiger charge is 2.37. The molecule has 1 aliphatic heterocycles. The van der Waals surface area contributed by atoms with Crippen molar-refractivity contribution < 1.29 is 28.8 Å². The summed E-state index contributed by atoms with van der Waals surface area (Å²) in [6, 6.07) is 13.2. The number of methoxy groups -OCH3 is 1. The van der Waals surface area contributed by atoms with Crippen LogP contribution in [0.25, 0.3) is 6.08 Å². The molecule has 0 atom stereocenters. The summed E-state index contributed by atoms with van der Waals surface area (Å²) in [5.41, 5.74) is 2.30. The molecule has 1 N–H and O–H groups in total. The van der Waals surface area contributed by atoms with Crippen LogP contribution in [-0.2, 0) is 22.6 Å². The molecule has 1 saturated heterocycles. The average molecular weight is 562 g/mol. The number of carbonyl (C=O) groups is 3. The number of nitro groups is 1.